The molecule has 15 nitrogen and oxygen atoms in total. The molecule has 2 aromatic rings. The summed E-state index contributed by atoms with van der Waals surface area (Å²) in [5, 5.41) is 27.8. The Morgan fingerprint density at radius 2 is 2.08 bits per heavy atom. The number of hydrogen-bond acceptors (Lipinski definition) is 12. The summed E-state index contributed by atoms with van der Waals surface area (Å²) in [5.41, 5.74) is 4.25. The molecule has 6 atom stereocenters. The number of nitrogens with two attached hydrogens (primary N) is 1. The lowest BCUT2D eigenvalue weighted by atomic mass is 9.96. The topological polar surface area (TPSA) is 205 Å². The number of carbonyl (C=O) groups excluding carboxylic acids is 1. The summed E-state index contributed by atoms with van der Waals surface area (Å²) in [5.74, 6) is -0.524. The number of ether oxygens (including phenoxy) is 3. The molecular weight excluding hydrogens is 545 g/mol. The Bertz CT molecular complexity index is 1220. The maximum atomic E-state index is 13.7. The molecule has 1 saturated heterocycles. The highest BCUT2D eigenvalue weighted by molar-refractivity contribution is 7.54. The number of aliphatic hydroxyl groups is 2. The number of imidazole rings is 1. The zero-order valence-electron chi connectivity index (χ0n) is 24.1. The molecule has 0 aromatic carbocycles. The van der Waals surface area contributed by atoms with E-state index in [1.165, 1.54) is 31.9 Å². The molecule has 3 heterocycles. The van der Waals surface area contributed by atoms with Crippen molar-refractivity contribution in [3.05, 3.63) is 6.33 Å². The highest BCUT2D eigenvalue weighted by Crippen LogP contribution is 2.43. The molecular formula is C24H42N7O8P. The van der Waals surface area contributed by atoms with Gasteiger partial charge < -0.3 is 34.7 Å². The average Bonchev–Trinajstić information content (AvgIpc) is 3.38. The maximum absolute atomic E-state index is 13.7. The summed E-state index contributed by atoms with van der Waals surface area (Å²) in [4.78, 5) is 24.9. The summed E-state index contributed by atoms with van der Waals surface area (Å²) in [6, 6.07) is -0.954. The predicted molar refractivity (Wildman–Crippen MR) is 146 cm³/mol. The molecule has 0 bridgehead atoms. The smallest absolute Gasteiger partial charge is 0.341 e. The quantitative estimate of drug-likeness (QED) is 0.128. The van der Waals surface area contributed by atoms with Crippen LogP contribution in [0.5, 0.6) is 5.88 Å². The number of aromatic nitrogens is 4. The van der Waals surface area contributed by atoms with E-state index in [9.17, 15) is 19.6 Å². The molecule has 1 aliphatic rings. The van der Waals surface area contributed by atoms with Crippen LogP contribution in [-0.4, -0.2) is 86.4 Å². The van der Waals surface area contributed by atoms with E-state index < -0.39 is 43.7 Å². The summed E-state index contributed by atoms with van der Waals surface area (Å²) in [6.07, 6.45) is -0.812. The molecule has 40 heavy (non-hydrogen) atoms. The number of carbonyl (C=O) groups is 1. The third-order valence-electron chi connectivity index (χ3n) is 6.24. The molecule has 2 aromatic heterocycles. The number of nitrogens with zero attached hydrogens (tertiary/aromatic N) is 4. The van der Waals surface area contributed by atoms with Crippen molar-refractivity contribution in [1.29, 1.82) is 0 Å². The first-order chi connectivity index (χ1) is 18.6. The Balaban J connectivity index is 1.77. The number of fused-ring (bicyclic) bond motifs is 1. The average molecular weight is 588 g/mol. The molecule has 1 unspecified atom stereocenters. The van der Waals surface area contributed by atoms with Crippen molar-refractivity contribution in [3.63, 3.8) is 0 Å². The van der Waals surface area contributed by atoms with Gasteiger partial charge in [0.15, 0.2) is 17.4 Å². The standard InChI is InChI=1S/C24H42N7O8P/c1-8-9-10-27-40(35,30-14(2)20(33)37-12-23(3,4)5)38-11-15-17(32)24(6,34)21(39-15)31-13-26-16-18(31)28-22(25)29-19(16)36-7/h13-15,17,21,32,34H,8-12H2,1-7H3,(H2,25,28,29)(H2,27,30,35)/t14-,15+,17+,21+,24+,40?/m0/s1. The fraction of sp³-hybridized carbons (Fsp3) is 0.750. The fourth-order valence-corrected chi connectivity index (χ4v) is 5.71. The van der Waals surface area contributed by atoms with E-state index in [2.05, 4.69) is 25.1 Å². The first-order valence-electron chi connectivity index (χ1n) is 13.2. The molecule has 16 heteroatoms. The minimum absolute atomic E-state index is 0.0792. The number of nitrogen functional groups attached to an aromatic ring is 1. The maximum Gasteiger partial charge on any atom is 0.341 e. The van der Waals surface area contributed by atoms with Gasteiger partial charge in [-0.2, -0.15) is 9.97 Å². The molecule has 226 valence electrons. The van der Waals surface area contributed by atoms with Crippen LogP contribution in [0.3, 0.4) is 0 Å². The van der Waals surface area contributed by atoms with Crippen molar-refractivity contribution in [3.8, 4) is 5.88 Å². The van der Waals surface area contributed by atoms with E-state index in [-0.39, 0.29) is 41.6 Å². The van der Waals surface area contributed by atoms with Gasteiger partial charge in [-0.05, 0) is 25.7 Å². The molecule has 6 N–H and O–H groups in total. The second-order valence-corrected chi connectivity index (χ2v) is 13.2. The van der Waals surface area contributed by atoms with Gasteiger partial charge in [0.05, 0.1) is 26.7 Å². The number of hydrogen-bond donors (Lipinski definition) is 5. The van der Waals surface area contributed by atoms with Gasteiger partial charge in [0.2, 0.25) is 11.8 Å². The second kappa shape index (κ2) is 12.6. The number of aliphatic hydroxyl groups excluding tert-OH is 1. The summed E-state index contributed by atoms with van der Waals surface area (Å²) in [6.45, 7) is 10.8. The number of nitrogens with one attached hydrogen (secondary N) is 2. The Hall–Kier alpha value is -2.39. The number of esters is 1. The molecule has 0 aliphatic carbocycles. The van der Waals surface area contributed by atoms with E-state index in [4.69, 9.17) is 24.5 Å². The monoisotopic (exact) mass is 587 g/mol. The van der Waals surface area contributed by atoms with Crippen LogP contribution in [-0.2, 0) is 23.4 Å². The minimum Gasteiger partial charge on any atom is -0.479 e. The van der Waals surface area contributed by atoms with Crippen LogP contribution < -0.4 is 20.6 Å². The van der Waals surface area contributed by atoms with Gasteiger partial charge in [-0.3, -0.25) is 13.9 Å². The van der Waals surface area contributed by atoms with E-state index in [1.807, 2.05) is 27.7 Å². The van der Waals surface area contributed by atoms with Crippen molar-refractivity contribution >= 4 is 30.8 Å². The summed E-state index contributed by atoms with van der Waals surface area (Å²) < 4.78 is 37.4. The van der Waals surface area contributed by atoms with Gasteiger partial charge in [0.25, 0.3) is 0 Å². The van der Waals surface area contributed by atoms with Crippen LogP contribution >= 0.6 is 7.67 Å². The summed E-state index contributed by atoms with van der Waals surface area (Å²) in [7, 11) is -2.42. The van der Waals surface area contributed by atoms with E-state index in [0.29, 0.717) is 13.0 Å². The number of unbranched alkanes of at least 4 members (excludes halogenated alkanes) is 1. The Morgan fingerprint density at radius 3 is 2.70 bits per heavy atom. The molecule has 1 aliphatic heterocycles. The number of anilines is 1. The van der Waals surface area contributed by atoms with Crippen LogP contribution in [0.2, 0.25) is 0 Å². The van der Waals surface area contributed by atoms with Gasteiger partial charge in [-0.1, -0.05) is 34.1 Å². The van der Waals surface area contributed by atoms with Crippen LogP contribution in [0.15, 0.2) is 6.33 Å². The first kappa shape index (κ1) is 32.1. The molecule has 0 saturated carbocycles. The van der Waals surface area contributed by atoms with Gasteiger partial charge in [-0.15, -0.1) is 0 Å². The lowest BCUT2D eigenvalue weighted by molar-refractivity contribution is -0.148. The zero-order valence-corrected chi connectivity index (χ0v) is 25.0. The van der Waals surface area contributed by atoms with E-state index in [0.717, 1.165) is 6.42 Å². The van der Waals surface area contributed by atoms with Crippen molar-refractivity contribution < 1.29 is 38.3 Å². The Labute approximate surface area is 233 Å². The summed E-state index contributed by atoms with van der Waals surface area (Å²) >= 11 is 0. The fourth-order valence-electron chi connectivity index (χ4n) is 4.03. The predicted octanol–water partition coefficient (Wildman–Crippen LogP) is 1.51. The number of methoxy groups -OCH3 is 1. The molecule has 0 spiro atoms. The van der Waals surface area contributed by atoms with Crippen LogP contribution in [0.4, 0.5) is 5.95 Å². The van der Waals surface area contributed by atoms with Crippen molar-refractivity contribution in [2.45, 2.75) is 84.5 Å². The van der Waals surface area contributed by atoms with Gasteiger partial charge in [-0.25, -0.2) is 15.2 Å². The highest BCUT2D eigenvalue weighted by atomic mass is 31.2. The highest BCUT2D eigenvalue weighted by Gasteiger charge is 2.54. The first-order valence-corrected chi connectivity index (χ1v) is 14.8. The SMILES string of the molecule is CCCCNP(=O)(N[C@@H](C)C(=O)OCC(C)(C)C)OC[C@H]1O[C@@H](n2cnc3c(OC)nc(N)nc32)[C@](C)(O)[C@@H]1O. The second-order valence-electron chi connectivity index (χ2n) is 11.2. The van der Waals surface area contributed by atoms with Gasteiger partial charge in [0.1, 0.15) is 23.9 Å². The lowest BCUT2D eigenvalue weighted by Gasteiger charge is -2.27. The van der Waals surface area contributed by atoms with Crippen LogP contribution in [0.1, 0.15) is 60.6 Å². The zero-order chi connectivity index (χ0) is 29.9. The van der Waals surface area contributed by atoms with Crippen molar-refractivity contribution in [2.24, 2.45) is 5.41 Å². The Kier molecular flexibility index (Phi) is 10.2. The Morgan fingerprint density at radius 1 is 1.38 bits per heavy atom. The van der Waals surface area contributed by atoms with Crippen molar-refractivity contribution in [2.75, 3.05) is 32.6 Å². The van der Waals surface area contributed by atoms with Crippen molar-refractivity contribution in [1.82, 2.24) is 29.7 Å². The third-order valence-corrected chi connectivity index (χ3v) is 8.12. The molecule has 0 amide bonds. The minimum atomic E-state index is -3.83. The molecule has 0 radical (unpaired) electrons. The molecule has 3 rings (SSSR count). The lowest BCUT2D eigenvalue weighted by Crippen LogP contribution is -2.45. The largest absolute Gasteiger partial charge is 0.479 e. The van der Waals surface area contributed by atoms with Crippen LogP contribution in [0, 0.1) is 5.41 Å². The molecule has 1 fully saturated rings. The number of rotatable bonds is 13. The normalized spacial score (nSPS) is 25.6. The van der Waals surface area contributed by atoms with Gasteiger partial charge >= 0.3 is 13.6 Å². The van der Waals surface area contributed by atoms with Gasteiger partial charge in [0, 0.05) is 6.54 Å². The van der Waals surface area contributed by atoms with Crippen LogP contribution in [0.25, 0.3) is 11.2 Å². The van der Waals surface area contributed by atoms with E-state index >= 15 is 0 Å². The third kappa shape index (κ3) is 7.46. The van der Waals surface area contributed by atoms with E-state index in [1.54, 1.807) is 0 Å².